The molecule has 0 bridgehead atoms. The smallest absolute Gasteiger partial charge is 0.0852 e. The van der Waals surface area contributed by atoms with E-state index in [0.29, 0.717) is 12.8 Å². The monoisotopic (exact) mass is 167 g/mol. The first-order valence-corrected chi connectivity index (χ1v) is 3.81. The highest BCUT2D eigenvalue weighted by Crippen LogP contribution is 2.17. The van der Waals surface area contributed by atoms with Crippen LogP contribution in [0.25, 0.3) is 0 Å². The van der Waals surface area contributed by atoms with E-state index in [1.165, 1.54) is 0 Å². The average Bonchev–Trinajstić information content (AvgIpc) is 1.59. The zero-order chi connectivity index (χ0) is 6.85. The molecule has 53 valence electrons. The first kappa shape index (κ1) is 7.61. The molecule has 0 aromatic heterocycles. The van der Waals surface area contributed by atoms with Gasteiger partial charge in [0.2, 0.25) is 0 Å². The van der Waals surface area contributed by atoms with E-state index in [1.807, 2.05) is 0 Å². The van der Waals surface area contributed by atoms with E-state index >= 15 is 0 Å². The van der Waals surface area contributed by atoms with Crippen molar-refractivity contribution in [2.45, 2.75) is 29.9 Å². The maximum atomic E-state index is 7.32. The van der Waals surface area contributed by atoms with Gasteiger partial charge < -0.3 is 0 Å². The Kier molecular flexibility index (Phi) is 2.59. The number of piperidine rings is 1. The van der Waals surface area contributed by atoms with E-state index in [-0.39, 0.29) is 17.0 Å². The topological polar surface area (TPSA) is 35.8 Å². The highest BCUT2D eigenvalue weighted by atomic mass is 35.5. The standard InChI is InChI=1S/C5H9Cl2N2/c6-4-1-3(8)2-5(7)9-4/h3-5,8-9H,1-2H2. The summed E-state index contributed by atoms with van der Waals surface area (Å²) < 4.78 is 0. The second kappa shape index (κ2) is 3.06. The van der Waals surface area contributed by atoms with E-state index in [1.54, 1.807) is 0 Å². The molecule has 4 heteroatoms. The van der Waals surface area contributed by atoms with E-state index in [4.69, 9.17) is 28.9 Å². The van der Waals surface area contributed by atoms with E-state index < -0.39 is 0 Å². The fourth-order valence-electron chi connectivity index (χ4n) is 0.928. The van der Waals surface area contributed by atoms with Gasteiger partial charge in [0.15, 0.2) is 0 Å². The number of rotatable bonds is 0. The zero-order valence-corrected chi connectivity index (χ0v) is 6.41. The van der Waals surface area contributed by atoms with Gasteiger partial charge in [-0.15, -0.1) is 23.2 Å². The molecule has 1 fully saturated rings. The van der Waals surface area contributed by atoms with E-state index in [9.17, 15) is 0 Å². The van der Waals surface area contributed by atoms with Crippen LogP contribution in [0.4, 0.5) is 0 Å². The molecule has 2 atom stereocenters. The third-order valence-corrected chi connectivity index (χ3v) is 1.95. The van der Waals surface area contributed by atoms with Crippen molar-refractivity contribution in [2.75, 3.05) is 0 Å². The summed E-state index contributed by atoms with van der Waals surface area (Å²) in [5, 5.41) is 2.92. The third-order valence-electron chi connectivity index (χ3n) is 1.34. The SMILES string of the molecule is [NH]C1CC(Cl)NC(Cl)C1. The maximum Gasteiger partial charge on any atom is 0.0852 e. The van der Waals surface area contributed by atoms with Gasteiger partial charge in [-0.05, 0) is 12.8 Å². The van der Waals surface area contributed by atoms with Crippen LogP contribution in [0.15, 0.2) is 0 Å². The van der Waals surface area contributed by atoms with E-state index in [0.717, 1.165) is 0 Å². The Bertz CT molecular complexity index is 73.9. The molecule has 2 N–H and O–H groups in total. The molecule has 0 aromatic carbocycles. The van der Waals surface area contributed by atoms with Gasteiger partial charge >= 0.3 is 0 Å². The van der Waals surface area contributed by atoms with Crippen molar-refractivity contribution in [2.24, 2.45) is 0 Å². The molecule has 9 heavy (non-hydrogen) atoms. The largest absolute Gasteiger partial charge is 0.285 e. The minimum atomic E-state index is -0.108. The highest BCUT2D eigenvalue weighted by Gasteiger charge is 2.22. The van der Waals surface area contributed by atoms with Gasteiger partial charge in [0.05, 0.1) is 11.0 Å². The summed E-state index contributed by atoms with van der Waals surface area (Å²) in [6.45, 7) is 0. The Morgan fingerprint density at radius 1 is 1.22 bits per heavy atom. The van der Waals surface area contributed by atoms with Gasteiger partial charge in [-0.25, -0.2) is 0 Å². The summed E-state index contributed by atoms with van der Waals surface area (Å²) in [6, 6.07) is -0.0868. The Hall–Kier alpha value is 0.500. The summed E-state index contributed by atoms with van der Waals surface area (Å²) in [6.07, 6.45) is 1.40. The second-order valence-corrected chi connectivity index (χ2v) is 3.32. The summed E-state index contributed by atoms with van der Waals surface area (Å²) in [7, 11) is 0. The molecule has 0 aliphatic carbocycles. The molecule has 1 radical (unpaired) electrons. The Balaban J connectivity index is 2.34. The van der Waals surface area contributed by atoms with Crippen molar-refractivity contribution in [3.05, 3.63) is 0 Å². The van der Waals surface area contributed by atoms with Crippen molar-refractivity contribution >= 4 is 23.2 Å². The third kappa shape index (κ3) is 2.30. The van der Waals surface area contributed by atoms with E-state index in [2.05, 4.69) is 5.32 Å². The van der Waals surface area contributed by atoms with Crippen LogP contribution in [0.1, 0.15) is 12.8 Å². The summed E-state index contributed by atoms with van der Waals surface area (Å²) in [4.78, 5) is 0. The van der Waals surface area contributed by atoms with Crippen LogP contribution >= 0.6 is 23.2 Å². The molecule has 1 aliphatic heterocycles. The predicted molar refractivity (Wildman–Crippen MR) is 38.5 cm³/mol. The molecule has 2 nitrogen and oxygen atoms in total. The van der Waals surface area contributed by atoms with Crippen LogP contribution in [0, 0.1) is 0 Å². The van der Waals surface area contributed by atoms with Gasteiger partial charge in [0, 0.05) is 6.04 Å². The fourth-order valence-corrected chi connectivity index (χ4v) is 1.73. The van der Waals surface area contributed by atoms with Crippen molar-refractivity contribution in [3.63, 3.8) is 0 Å². The van der Waals surface area contributed by atoms with Crippen molar-refractivity contribution in [1.29, 1.82) is 0 Å². The summed E-state index contributed by atoms with van der Waals surface area (Å²) in [5.41, 5.74) is 7.11. The first-order chi connectivity index (χ1) is 4.18. The number of halogens is 2. The molecule has 1 heterocycles. The highest BCUT2D eigenvalue weighted by molar-refractivity contribution is 6.23. The molecule has 0 aromatic rings. The Morgan fingerprint density at radius 2 is 1.67 bits per heavy atom. The van der Waals surface area contributed by atoms with Gasteiger partial charge in [-0.1, -0.05) is 0 Å². The zero-order valence-electron chi connectivity index (χ0n) is 4.90. The molecular weight excluding hydrogens is 159 g/mol. The molecule has 1 aliphatic rings. The molecule has 0 spiro atoms. The van der Waals surface area contributed by atoms with Gasteiger partial charge in [-0.2, -0.15) is 0 Å². The minimum Gasteiger partial charge on any atom is -0.285 e. The first-order valence-electron chi connectivity index (χ1n) is 2.94. The van der Waals surface area contributed by atoms with Crippen molar-refractivity contribution < 1.29 is 0 Å². The number of hydrogen-bond acceptors (Lipinski definition) is 1. The molecule has 1 rings (SSSR count). The summed E-state index contributed by atoms with van der Waals surface area (Å²) >= 11 is 11.4. The Labute approximate surface area is 64.7 Å². The molecule has 1 saturated heterocycles. The van der Waals surface area contributed by atoms with Crippen LogP contribution in [0.2, 0.25) is 0 Å². The number of nitrogens with one attached hydrogen (secondary N) is 2. The second-order valence-electron chi connectivity index (χ2n) is 2.27. The molecule has 2 unspecified atom stereocenters. The lowest BCUT2D eigenvalue weighted by atomic mass is 10.1. The predicted octanol–water partition coefficient (Wildman–Crippen LogP) is 1.15. The number of alkyl halides is 2. The van der Waals surface area contributed by atoms with Gasteiger partial charge in [-0.3, -0.25) is 11.1 Å². The average molecular weight is 168 g/mol. The van der Waals surface area contributed by atoms with Crippen LogP contribution < -0.4 is 11.1 Å². The van der Waals surface area contributed by atoms with Crippen LogP contribution in [-0.4, -0.2) is 17.0 Å². The summed E-state index contributed by atoms with van der Waals surface area (Å²) in [5.74, 6) is 0. The van der Waals surface area contributed by atoms with Crippen LogP contribution in [0.5, 0.6) is 0 Å². The van der Waals surface area contributed by atoms with Crippen molar-refractivity contribution in [3.8, 4) is 0 Å². The van der Waals surface area contributed by atoms with Gasteiger partial charge in [0.1, 0.15) is 0 Å². The molecule has 0 amide bonds. The lowest BCUT2D eigenvalue weighted by Gasteiger charge is -2.26. The Morgan fingerprint density at radius 3 is 2.00 bits per heavy atom. The van der Waals surface area contributed by atoms with Crippen molar-refractivity contribution in [1.82, 2.24) is 11.1 Å². The normalized spacial score (nSPS) is 45.0. The lowest BCUT2D eigenvalue weighted by Crippen LogP contribution is -2.42. The van der Waals surface area contributed by atoms with Gasteiger partial charge in [0.25, 0.3) is 0 Å². The lowest BCUT2D eigenvalue weighted by molar-refractivity contribution is 0.396. The number of hydrogen-bond donors (Lipinski definition) is 1. The quantitative estimate of drug-likeness (QED) is 0.427. The minimum absolute atomic E-state index is 0.0868. The van der Waals surface area contributed by atoms with Crippen LogP contribution in [-0.2, 0) is 0 Å². The van der Waals surface area contributed by atoms with Crippen LogP contribution in [0.3, 0.4) is 0 Å². The molecular formula is C5H9Cl2N2. The fraction of sp³-hybridized carbons (Fsp3) is 1.00. The molecule has 0 saturated carbocycles. The maximum absolute atomic E-state index is 7.32.